The number of aromatic nitrogens is 1. The summed E-state index contributed by atoms with van der Waals surface area (Å²) in [6, 6.07) is 11.9. The molecule has 1 aromatic heterocycles. The smallest absolute Gasteiger partial charge is 0.228 e. The van der Waals surface area contributed by atoms with Gasteiger partial charge in [0.2, 0.25) is 5.91 Å². The molecule has 2 aromatic rings. The summed E-state index contributed by atoms with van der Waals surface area (Å²) in [4.78, 5) is 16.2. The fourth-order valence-corrected chi connectivity index (χ4v) is 2.77. The summed E-state index contributed by atoms with van der Waals surface area (Å²) in [5, 5.41) is 3.15. The Labute approximate surface area is 130 Å². The number of halogens is 2. The molecule has 3 nitrogen and oxygen atoms in total. The Hall–Kier alpha value is -1.39. The first kappa shape index (κ1) is 13.6. The molecule has 0 bridgehead atoms. The highest BCUT2D eigenvalue weighted by molar-refractivity contribution is 9.10. The average Bonchev–Trinajstić information content (AvgIpc) is 3.24. The van der Waals surface area contributed by atoms with Gasteiger partial charge in [0.05, 0.1) is 5.69 Å². The second-order valence-corrected chi connectivity index (χ2v) is 6.11. The van der Waals surface area contributed by atoms with E-state index in [1.54, 1.807) is 12.3 Å². The largest absolute Gasteiger partial charge is 0.323 e. The van der Waals surface area contributed by atoms with Crippen LogP contribution < -0.4 is 5.32 Å². The highest BCUT2D eigenvalue weighted by Gasteiger charge is 2.43. The number of benzene rings is 1. The molecule has 102 valence electrons. The van der Waals surface area contributed by atoms with Crippen molar-refractivity contribution >= 4 is 39.1 Å². The lowest BCUT2D eigenvalue weighted by molar-refractivity contribution is -0.117. The Balaban J connectivity index is 1.68. The molecule has 5 heteroatoms. The van der Waals surface area contributed by atoms with E-state index in [0.717, 1.165) is 10.9 Å². The first-order valence-corrected chi connectivity index (χ1v) is 7.49. The molecule has 20 heavy (non-hydrogen) atoms. The lowest BCUT2D eigenvalue weighted by atomic mass is 10.1. The van der Waals surface area contributed by atoms with Crippen LogP contribution in [0.3, 0.4) is 0 Å². The van der Waals surface area contributed by atoms with Gasteiger partial charge >= 0.3 is 0 Å². The Morgan fingerprint density at radius 3 is 2.85 bits per heavy atom. The summed E-state index contributed by atoms with van der Waals surface area (Å²) < 4.78 is 0.785. The van der Waals surface area contributed by atoms with Gasteiger partial charge in [-0.2, -0.15) is 0 Å². The van der Waals surface area contributed by atoms with Crippen LogP contribution in [0.5, 0.6) is 0 Å². The number of pyridine rings is 1. The van der Waals surface area contributed by atoms with Crippen LogP contribution in [-0.4, -0.2) is 10.9 Å². The lowest BCUT2D eigenvalue weighted by Gasteiger charge is -2.07. The Kier molecular flexibility index (Phi) is 3.76. The van der Waals surface area contributed by atoms with Gasteiger partial charge in [0.15, 0.2) is 5.15 Å². The van der Waals surface area contributed by atoms with Crippen molar-refractivity contribution in [3.63, 3.8) is 0 Å². The van der Waals surface area contributed by atoms with Crippen molar-refractivity contribution in [2.75, 3.05) is 5.32 Å². The van der Waals surface area contributed by atoms with E-state index in [0.29, 0.717) is 16.8 Å². The van der Waals surface area contributed by atoms with E-state index in [4.69, 9.17) is 11.6 Å². The quantitative estimate of drug-likeness (QED) is 0.840. The second kappa shape index (κ2) is 5.54. The number of amides is 1. The monoisotopic (exact) mass is 350 g/mol. The maximum atomic E-state index is 12.2. The zero-order valence-corrected chi connectivity index (χ0v) is 12.9. The van der Waals surface area contributed by atoms with Crippen LogP contribution in [0.25, 0.3) is 0 Å². The predicted molar refractivity (Wildman–Crippen MR) is 82.9 cm³/mol. The molecule has 0 saturated heterocycles. The minimum Gasteiger partial charge on any atom is -0.323 e. The van der Waals surface area contributed by atoms with Gasteiger partial charge in [-0.05, 0) is 39.9 Å². The number of carbonyl (C=O) groups excluding carboxylic acids is 1. The standard InChI is InChI=1S/C15H12BrClN2O/c16-10-6-13(14(17)18-8-10)19-15(20)12-7-11(12)9-4-2-1-3-5-9/h1-6,8,11-12H,7H2,(H,19,20). The zero-order chi connectivity index (χ0) is 14.1. The number of nitrogens with one attached hydrogen (secondary N) is 1. The third-order valence-electron chi connectivity index (χ3n) is 3.42. The molecule has 0 radical (unpaired) electrons. The van der Waals surface area contributed by atoms with Gasteiger partial charge in [-0.3, -0.25) is 4.79 Å². The predicted octanol–water partition coefficient (Wildman–Crippen LogP) is 4.24. The summed E-state index contributed by atoms with van der Waals surface area (Å²) in [5.74, 6) is 0.336. The van der Waals surface area contributed by atoms with Crippen molar-refractivity contribution in [3.05, 3.63) is 57.8 Å². The molecule has 0 aliphatic heterocycles. The van der Waals surface area contributed by atoms with E-state index < -0.39 is 0 Å². The van der Waals surface area contributed by atoms with Crippen molar-refractivity contribution in [2.24, 2.45) is 5.92 Å². The number of nitrogens with zero attached hydrogens (tertiary/aromatic N) is 1. The van der Waals surface area contributed by atoms with Gasteiger partial charge in [-0.1, -0.05) is 41.9 Å². The van der Waals surface area contributed by atoms with E-state index in [1.807, 2.05) is 18.2 Å². The summed E-state index contributed by atoms with van der Waals surface area (Å²) in [6.45, 7) is 0. The van der Waals surface area contributed by atoms with Crippen LogP contribution in [0.4, 0.5) is 5.69 Å². The number of hydrogen-bond acceptors (Lipinski definition) is 2. The molecule has 2 unspecified atom stereocenters. The molecule has 0 spiro atoms. The first-order chi connectivity index (χ1) is 9.65. The lowest BCUT2D eigenvalue weighted by Crippen LogP contribution is -2.15. The molecule has 1 amide bonds. The number of hydrogen-bond donors (Lipinski definition) is 1. The van der Waals surface area contributed by atoms with Gasteiger partial charge in [0, 0.05) is 16.6 Å². The summed E-state index contributed by atoms with van der Waals surface area (Å²) >= 11 is 9.29. The minimum absolute atomic E-state index is 0.000605. The molecular formula is C15H12BrClN2O. The van der Waals surface area contributed by atoms with Crippen LogP contribution in [0.15, 0.2) is 47.1 Å². The van der Waals surface area contributed by atoms with Gasteiger partial charge < -0.3 is 5.32 Å². The fourth-order valence-electron chi connectivity index (χ4n) is 2.29. The van der Waals surface area contributed by atoms with Crippen LogP contribution >= 0.6 is 27.5 Å². The average molecular weight is 352 g/mol. The third kappa shape index (κ3) is 2.86. The molecule has 1 aliphatic rings. The van der Waals surface area contributed by atoms with Crippen molar-refractivity contribution in [3.8, 4) is 0 Å². The van der Waals surface area contributed by atoms with Crippen molar-refractivity contribution < 1.29 is 4.79 Å². The Bertz CT molecular complexity index is 648. The van der Waals surface area contributed by atoms with Crippen molar-refractivity contribution in [2.45, 2.75) is 12.3 Å². The van der Waals surface area contributed by atoms with Gasteiger partial charge in [0.25, 0.3) is 0 Å². The summed E-state index contributed by atoms with van der Waals surface area (Å²) in [5.41, 5.74) is 1.76. The van der Waals surface area contributed by atoms with Crippen LogP contribution in [-0.2, 0) is 4.79 Å². The molecule has 1 fully saturated rings. The highest BCUT2D eigenvalue weighted by Crippen LogP contribution is 2.48. The van der Waals surface area contributed by atoms with Gasteiger partial charge in [-0.15, -0.1) is 0 Å². The molecule has 3 rings (SSSR count). The maximum Gasteiger partial charge on any atom is 0.228 e. The van der Waals surface area contributed by atoms with Gasteiger partial charge in [0.1, 0.15) is 0 Å². The van der Waals surface area contributed by atoms with E-state index >= 15 is 0 Å². The minimum atomic E-state index is 0.000605. The van der Waals surface area contributed by atoms with E-state index in [-0.39, 0.29) is 11.8 Å². The highest BCUT2D eigenvalue weighted by atomic mass is 79.9. The molecule has 1 aliphatic carbocycles. The van der Waals surface area contributed by atoms with E-state index in [9.17, 15) is 4.79 Å². The first-order valence-electron chi connectivity index (χ1n) is 6.32. The van der Waals surface area contributed by atoms with E-state index in [2.05, 4.69) is 38.4 Å². The van der Waals surface area contributed by atoms with Crippen LogP contribution in [0, 0.1) is 5.92 Å². The zero-order valence-electron chi connectivity index (χ0n) is 10.5. The number of carbonyl (C=O) groups is 1. The summed E-state index contributed by atoms with van der Waals surface area (Å²) in [7, 11) is 0. The van der Waals surface area contributed by atoms with Crippen LogP contribution in [0.2, 0.25) is 5.15 Å². The molecule has 1 heterocycles. The summed E-state index contributed by atoms with van der Waals surface area (Å²) in [6.07, 6.45) is 2.48. The van der Waals surface area contributed by atoms with Crippen LogP contribution in [0.1, 0.15) is 17.9 Å². The Morgan fingerprint density at radius 1 is 1.35 bits per heavy atom. The van der Waals surface area contributed by atoms with Gasteiger partial charge in [-0.25, -0.2) is 4.98 Å². The molecular weight excluding hydrogens is 340 g/mol. The number of rotatable bonds is 3. The van der Waals surface area contributed by atoms with Crippen molar-refractivity contribution in [1.29, 1.82) is 0 Å². The Morgan fingerprint density at radius 2 is 2.10 bits per heavy atom. The molecule has 1 saturated carbocycles. The topological polar surface area (TPSA) is 42.0 Å². The van der Waals surface area contributed by atoms with E-state index in [1.165, 1.54) is 5.56 Å². The molecule has 1 aromatic carbocycles. The molecule has 2 atom stereocenters. The third-order valence-corrected chi connectivity index (χ3v) is 4.15. The second-order valence-electron chi connectivity index (χ2n) is 4.84. The van der Waals surface area contributed by atoms with Crippen molar-refractivity contribution in [1.82, 2.24) is 4.98 Å². The fraction of sp³-hybridized carbons (Fsp3) is 0.200. The SMILES string of the molecule is O=C(Nc1cc(Br)cnc1Cl)C1CC1c1ccccc1. The normalized spacial score (nSPS) is 20.5. The molecule has 1 N–H and O–H groups in total. The number of anilines is 1. The maximum absolute atomic E-state index is 12.2.